The highest BCUT2D eigenvalue weighted by atomic mass is 31.2. The highest BCUT2D eigenvalue weighted by molar-refractivity contribution is 7.57. The van der Waals surface area contributed by atoms with Gasteiger partial charge in [0, 0.05) is 65.8 Å². The molecular weight excluding hydrogens is 902 g/mol. The number of hydrogen-bond acceptors (Lipinski definition) is 13. The molecule has 15 heteroatoms. The van der Waals surface area contributed by atoms with E-state index in [9.17, 15) is 34.0 Å². The minimum Gasteiger partial charge on any atom is -0.460 e. The van der Waals surface area contributed by atoms with E-state index in [1.54, 1.807) is 66.4 Å². The van der Waals surface area contributed by atoms with Crippen LogP contribution >= 0.6 is 7.37 Å². The molecule has 1 aliphatic carbocycles. The summed E-state index contributed by atoms with van der Waals surface area (Å²) in [6, 6.07) is -1.20. The van der Waals surface area contributed by atoms with Gasteiger partial charge in [-0.05, 0) is 118 Å². The number of aliphatic hydroxyl groups is 2. The van der Waals surface area contributed by atoms with Crippen molar-refractivity contribution in [3.63, 3.8) is 0 Å². The third kappa shape index (κ3) is 16.2. The number of nitrogens with zero attached hydrogens (tertiary/aromatic N) is 1. The van der Waals surface area contributed by atoms with Gasteiger partial charge < -0.3 is 43.3 Å². The Bertz CT molecular complexity index is 2050. The van der Waals surface area contributed by atoms with Gasteiger partial charge in [0.1, 0.15) is 30.1 Å². The molecule has 3 fully saturated rings. The van der Waals surface area contributed by atoms with Crippen LogP contribution in [0.15, 0.2) is 59.8 Å². The Morgan fingerprint density at radius 2 is 1.65 bits per heavy atom. The zero-order chi connectivity index (χ0) is 53.9. The number of esters is 1. The summed E-state index contributed by atoms with van der Waals surface area (Å²) in [6.45, 7) is 20.3. The van der Waals surface area contributed by atoms with Crippen LogP contribution in [0.5, 0.6) is 0 Å². The largest absolute Gasteiger partial charge is 0.460 e. The van der Waals surface area contributed by atoms with E-state index >= 15 is 0 Å². The van der Waals surface area contributed by atoms with Gasteiger partial charge in [0.2, 0.25) is 5.79 Å². The number of cyclic esters (lactones) is 1. The fraction of sp³-hybridized carbons (Fsp3) is 0.741. The molecular formula is C54H86NO13P. The van der Waals surface area contributed by atoms with Crippen molar-refractivity contribution in [2.45, 2.75) is 180 Å². The Kier molecular flexibility index (Phi) is 20.7. The van der Waals surface area contributed by atoms with Crippen LogP contribution in [0, 0.1) is 35.5 Å². The van der Waals surface area contributed by atoms with Gasteiger partial charge in [-0.25, -0.2) is 4.79 Å². The Balaban J connectivity index is 1.73. The van der Waals surface area contributed by atoms with Crippen molar-refractivity contribution in [2.75, 3.05) is 41.1 Å². The van der Waals surface area contributed by atoms with Crippen molar-refractivity contribution in [1.82, 2.24) is 4.90 Å². The first kappa shape index (κ1) is 53.7. The van der Waals surface area contributed by atoms with Gasteiger partial charge in [-0.3, -0.25) is 18.9 Å². The maximum atomic E-state index is 14.5. The Morgan fingerprint density at radius 3 is 2.32 bits per heavy atom. The Morgan fingerprint density at radius 1 is 0.928 bits per heavy atom. The summed E-state index contributed by atoms with van der Waals surface area (Å²) in [4.78, 5) is 58.7. The molecule has 0 radical (unpaired) electrons. The number of methoxy groups -OCH3 is 3. The molecule has 1 amide bonds. The average Bonchev–Trinajstić information content (AvgIpc) is 3.30. The summed E-state index contributed by atoms with van der Waals surface area (Å²) >= 11 is 0. The van der Waals surface area contributed by atoms with Crippen LogP contribution in [0.2, 0.25) is 0 Å². The predicted octanol–water partition coefficient (Wildman–Crippen LogP) is 8.73. The molecule has 3 heterocycles. The van der Waals surface area contributed by atoms with Crippen LogP contribution in [0.1, 0.15) is 130 Å². The van der Waals surface area contributed by atoms with Crippen molar-refractivity contribution < 1.29 is 66.3 Å². The first-order valence-corrected chi connectivity index (χ1v) is 27.6. The van der Waals surface area contributed by atoms with Crippen LogP contribution in [0.3, 0.4) is 0 Å². The molecule has 0 aromatic heterocycles. The summed E-state index contributed by atoms with van der Waals surface area (Å²) in [5.41, 5.74) is 1.76. The molecule has 0 aromatic rings. The third-order valence-electron chi connectivity index (χ3n) is 14.9. The van der Waals surface area contributed by atoms with Gasteiger partial charge in [0.15, 0.2) is 7.37 Å². The van der Waals surface area contributed by atoms with Crippen LogP contribution in [0.25, 0.3) is 0 Å². The Hall–Kier alpha value is -3.07. The van der Waals surface area contributed by atoms with Crippen molar-refractivity contribution >= 4 is 30.8 Å². The molecule has 2 N–H and O–H groups in total. The molecule has 0 unspecified atom stereocenters. The maximum Gasteiger partial charge on any atom is 0.329 e. The van der Waals surface area contributed by atoms with E-state index < -0.39 is 86.3 Å². The topological polar surface area (TPSA) is 184 Å². The number of piperidine rings is 1. The summed E-state index contributed by atoms with van der Waals surface area (Å²) in [6.07, 6.45) is 10.3. The highest BCUT2D eigenvalue weighted by Gasteiger charge is 2.53. The van der Waals surface area contributed by atoms with E-state index in [1.165, 1.54) is 7.11 Å². The molecule has 4 aliphatic rings. The van der Waals surface area contributed by atoms with E-state index in [2.05, 4.69) is 13.5 Å². The van der Waals surface area contributed by atoms with Crippen molar-refractivity contribution in [1.29, 1.82) is 0 Å². The molecule has 4 rings (SSSR count). The lowest BCUT2D eigenvalue weighted by molar-refractivity contribution is -0.265. The fourth-order valence-electron chi connectivity index (χ4n) is 10.5. The number of Topliss-reactive ketones (excluding diaryl/α,β-unsaturated/α-hetero) is 2. The minimum absolute atomic E-state index is 0.0285. The lowest BCUT2D eigenvalue weighted by Gasteiger charge is -2.42. The second-order valence-electron chi connectivity index (χ2n) is 21.0. The molecule has 390 valence electrons. The summed E-state index contributed by atoms with van der Waals surface area (Å²) in [5.74, 6) is -7.77. The summed E-state index contributed by atoms with van der Waals surface area (Å²) in [5, 5.41) is 23.7. The van der Waals surface area contributed by atoms with Gasteiger partial charge in [-0.2, -0.15) is 0 Å². The predicted molar refractivity (Wildman–Crippen MR) is 268 cm³/mol. The van der Waals surface area contributed by atoms with Crippen molar-refractivity contribution in [3.8, 4) is 0 Å². The molecule has 2 saturated heterocycles. The number of fused-ring (bicyclic) bond motifs is 3. The maximum absolute atomic E-state index is 14.5. The van der Waals surface area contributed by atoms with Gasteiger partial charge >= 0.3 is 5.97 Å². The molecule has 14 nitrogen and oxygen atoms in total. The first-order valence-electron chi connectivity index (χ1n) is 26.6. The van der Waals surface area contributed by atoms with Crippen LogP contribution in [0.4, 0.5) is 0 Å². The number of ether oxygens (including phenoxy) is 5. The summed E-state index contributed by atoms with van der Waals surface area (Å²) < 4.78 is 71.9. The first-order chi connectivity index (χ1) is 33.6. The monoisotopic (exact) mass is 991 g/mol. The molecule has 3 aliphatic heterocycles. The van der Waals surface area contributed by atoms with E-state index in [4.69, 9.17) is 32.3 Å². The quantitative estimate of drug-likeness (QED) is 0.102. The number of carbonyl (C=O) groups excluding carboxylic acids is 4. The normalized spacial score (nSPS) is 39.8. The lowest BCUT2D eigenvalue weighted by atomic mass is 9.78. The van der Waals surface area contributed by atoms with E-state index in [0.717, 1.165) is 11.3 Å². The number of hydrogen-bond donors (Lipinski definition) is 2. The molecule has 2 bridgehead atoms. The molecule has 0 aromatic carbocycles. The van der Waals surface area contributed by atoms with Crippen molar-refractivity contribution in [3.05, 3.63) is 59.8 Å². The molecule has 0 spiro atoms. The highest BCUT2D eigenvalue weighted by Crippen LogP contribution is 2.45. The standard InChI is InChI=1S/C54H86NO13P/c1-33-19-15-14-16-20-34(2)46(63-9)31-42-24-22-39(7)54(61,67-42)51(58)52(59)55-26-18-17-21-43(55)53(60)66-47(37(5)29-41-23-25-45(48(30-41)64-10)68-69(12,13)62)32-44(56)36(4)28-38(6)49(57)50(65-11)40(8)35(3)27-33/h14-16,19-20,28,33,35-37,39,41-43,45-50,57,61H,8,17-18,21-27,29-32H2,1-7,9-13H3/b16-14+,19-15+,34-20+,38-28+/t33-,35-,36-,37-,39-,41+,42+,43+,45-,46+,47+,48-,49-,50+,54-/m1/s1/i9D3. The average molecular weight is 991 g/mol. The molecule has 69 heavy (non-hydrogen) atoms. The number of carbonyl (C=O) groups is 4. The van der Waals surface area contributed by atoms with Crippen LogP contribution in [-0.4, -0.2) is 134 Å². The zero-order valence-electron chi connectivity index (χ0n) is 46.2. The fourth-order valence-corrected chi connectivity index (χ4v) is 11.4. The number of amides is 1. The molecule has 15 atom stereocenters. The number of rotatable bonds is 8. The van der Waals surface area contributed by atoms with E-state index in [1.807, 2.05) is 32.1 Å². The van der Waals surface area contributed by atoms with Crippen molar-refractivity contribution in [2.24, 2.45) is 35.5 Å². The number of aliphatic hydroxyl groups excluding tert-OH is 1. The second-order valence-corrected chi connectivity index (χ2v) is 23.7. The van der Waals surface area contributed by atoms with E-state index in [-0.39, 0.29) is 73.9 Å². The minimum atomic E-state index is -2.80. The Labute approximate surface area is 417 Å². The van der Waals surface area contributed by atoms with Gasteiger partial charge in [0.25, 0.3) is 11.7 Å². The molecule has 1 saturated carbocycles. The van der Waals surface area contributed by atoms with E-state index in [0.29, 0.717) is 61.7 Å². The SMILES string of the molecule is [2H]C([2H])([2H])O[C@H]1C[C@@H]2CC[C@@H](C)[C@@](O)(O2)C(=O)C(=O)N2CCCC[C@H]2C(=O)O[C@H]([C@H](C)C[C@@H]2CC[C@@H](OP(C)(C)=O)[C@H](OC)C2)CC(=O)[C@H](C)/C=C(\C)[C@@H](O)[C@@H](OC)C(=C)[C@H](C)C[C@H](C)/C=C/C=C/C=C/1C. The van der Waals surface area contributed by atoms with Gasteiger partial charge in [0.05, 0.1) is 28.5 Å². The van der Waals surface area contributed by atoms with Gasteiger partial charge in [-0.1, -0.05) is 77.7 Å². The second kappa shape index (κ2) is 26.6. The zero-order valence-corrected chi connectivity index (χ0v) is 44.1. The number of ketones is 2. The third-order valence-corrected chi connectivity index (χ3v) is 15.7. The lowest BCUT2D eigenvalue weighted by Crippen LogP contribution is -2.61. The smallest absolute Gasteiger partial charge is 0.329 e. The number of allylic oxidation sites excluding steroid dienone is 6. The van der Waals surface area contributed by atoms with Crippen LogP contribution in [-0.2, 0) is 52.0 Å². The van der Waals surface area contributed by atoms with Gasteiger partial charge in [-0.15, -0.1) is 0 Å². The summed E-state index contributed by atoms with van der Waals surface area (Å²) in [7, 11) is -2.48. The van der Waals surface area contributed by atoms with Crippen LogP contribution < -0.4 is 0 Å².